The molecule has 0 fully saturated rings. The lowest BCUT2D eigenvalue weighted by molar-refractivity contribution is -0.103. The summed E-state index contributed by atoms with van der Waals surface area (Å²) in [6, 6.07) is 3.32. The number of carbonyl (C=O) groups is 2. The molecule has 0 unspecified atom stereocenters. The maximum Gasteiger partial charge on any atom is 0.348 e. The van der Waals surface area contributed by atoms with Gasteiger partial charge < -0.3 is 4.74 Å². The molecule has 1 aromatic rings. The maximum absolute atomic E-state index is 11.2. The van der Waals surface area contributed by atoms with E-state index in [9.17, 15) is 9.59 Å². The number of ether oxygens (including phenoxy) is 1. The average Bonchev–Trinajstić information content (AvgIpc) is 2.63. The van der Waals surface area contributed by atoms with Gasteiger partial charge in [0.1, 0.15) is 4.88 Å². The highest BCUT2D eigenvalue weighted by molar-refractivity contribution is 7.14. The molecule has 0 aliphatic rings. The smallest absolute Gasteiger partial charge is 0.348 e. The lowest BCUT2D eigenvalue weighted by Gasteiger charge is -1.95. The highest BCUT2D eigenvalue weighted by Gasteiger charge is 2.08. The number of hydrogen-bond acceptors (Lipinski definition) is 4. The monoisotopic (exact) mass is 208 g/mol. The standard InChI is InChI=1S/C10H8O3S/c1-2-13-10(12)9-6-5-8(14-9)4-3-7-11/h5-7H,2H2,1H3. The number of rotatable bonds is 2. The Morgan fingerprint density at radius 2 is 2.43 bits per heavy atom. The second kappa shape index (κ2) is 5.20. The molecule has 0 aliphatic heterocycles. The van der Waals surface area contributed by atoms with Gasteiger partial charge >= 0.3 is 5.97 Å². The molecule has 0 saturated heterocycles. The molecule has 0 saturated carbocycles. The predicted octanol–water partition coefficient (Wildman–Crippen LogP) is 1.48. The van der Waals surface area contributed by atoms with E-state index < -0.39 is 0 Å². The molecule has 1 heterocycles. The van der Waals surface area contributed by atoms with Crippen molar-refractivity contribution in [2.45, 2.75) is 6.92 Å². The van der Waals surface area contributed by atoms with E-state index in [1.807, 2.05) is 0 Å². The molecule has 0 spiro atoms. The van der Waals surface area contributed by atoms with Crippen LogP contribution < -0.4 is 0 Å². The van der Waals surface area contributed by atoms with Gasteiger partial charge in [0, 0.05) is 0 Å². The molecule has 72 valence electrons. The van der Waals surface area contributed by atoms with E-state index in [0.717, 1.165) is 0 Å². The summed E-state index contributed by atoms with van der Waals surface area (Å²) >= 11 is 1.21. The third kappa shape index (κ3) is 2.71. The number of carbonyl (C=O) groups excluding carboxylic acids is 2. The minimum Gasteiger partial charge on any atom is -0.462 e. The quantitative estimate of drug-likeness (QED) is 0.420. The fraction of sp³-hybridized carbons (Fsp3) is 0.200. The summed E-state index contributed by atoms with van der Waals surface area (Å²) < 4.78 is 4.80. The fourth-order valence-electron chi connectivity index (χ4n) is 0.818. The van der Waals surface area contributed by atoms with Gasteiger partial charge in [-0.3, -0.25) is 4.79 Å². The van der Waals surface area contributed by atoms with E-state index >= 15 is 0 Å². The molecule has 1 rings (SSSR count). The molecule has 4 heteroatoms. The van der Waals surface area contributed by atoms with Crippen LogP contribution in [0.25, 0.3) is 0 Å². The maximum atomic E-state index is 11.2. The topological polar surface area (TPSA) is 43.4 Å². The molecule has 0 bridgehead atoms. The van der Waals surface area contributed by atoms with Crippen molar-refractivity contribution in [1.82, 2.24) is 0 Å². The highest BCUT2D eigenvalue weighted by atomic mass is 32.1. The van der Waals surface area contributed by atoms with Crippen LogP contribution in [0.5, 0.6) is 0 Å². The second-order valence-electron chi connectivity index (χ2n) is 2.27. The Labute approximate surface area is 85.7 Å². The second-order valence-corrected chi connectivity index (χ2v) is 3.36. The van der Waals surface area contributed by atoms with Gasteiger partial charge in [-0.05, 0) is 30.9 Å². The summed E-state index contributed by atoms with van der Waals surface area (Å²) in [5.74, 6) is 4.53. The highest BCUT2D eigenvalue weighted by Crippen LogP contribution is 2.16. The number of aldehydes is 1. The van der Waals surface area contributed by atoms with Crippen molar-refractivity contribution in [1.29, 1.82) is 0 Å². The summed E-state index contributed by atoms with van der Waals surface area (Å²) in [5, 5.41) is 0. The van der Waals surface area contributed by atoms with Crippen molar-refractivity contribution >= 4 is 23.6 Å². The van der Waals surface area contributed by atoms with E-state index in [1.54, 1.807) is 19.1 Å². The molecule has 0 aliphatic carbocycles. The first-order valence-corrected chi connectivity index (χ1v) is 4.81. The Kier molecular flexibility index (Phi) is 3.89. The first-order chi connectivity index (χ1) is 6.77. The van der Waals surface area contributed by atoms with Crippen molar-refractivity contribution in [2.24, 2.45) is 0 Å². The van der Waals surface area contributed by atoms with Crippen LogP contribution in [-0.2, 0) is 9.53 Å². The van der Waals surface area contributed by atoms with Crippen LogP contribution in [0.2, 0.25) is 0 Å². The summed E-state index contributed by atoms with van der Waals surface area (Å²) in [4.78, 5) is 22.3. The van der Waals surface area contributed by atoms with Gasteiger partial charge in [0.2, 0.25) is 0 Å². The van der Waals surface area contributed by atoms with Crippen LogP contribution in [0.1, 0.15) is 21.5 Å². The number of esters is 1. The zero-order valence-electron chi connectivity index (χ0n) is 7.57. The van der Waals surface area contributed by atoms with Crippen LogP contribution in [0.15, 0.2) is 12.1 Å². The van der Waals surface area contributed by atoms with Crippen LogP contribution in [0.3, 0.4) is 0 Å². The molecule has 3 nitrogen and oxygen atoms in total. The molecule has 0 amide bonds. The van der Waals surface area contributed by atoms with Gasteiger partial charge in [-0.25, -0.2) is 4.79 Å². The Bertz CT molecular complexity index is 395. The van der Waals surface area contributed by atoms with Gasteiger partial charge in [0.25, 0.3) is 0 Å². The zero-order chi connectivity index (χ0) is 10.4. The third-order valence-corrected chi connectivity index (χ3v) is 2.32. The van der Waals surface area contributed by atoms with Crippen molar-refractivity contribution in [3.05, 3.63) is 21.9 Å². The van der Waals surface area contributed by atoms with Gasteiger partial charge in [-0.2, -0.15) is 0 Å². The van der Waals surface area contributed by atoms with Gasteiger partial charge in [-0.1, -0.05) is 0 Å². The van der Waals surface area contributed by atoms with E-state index in [0.29, 0.717) is 22.6 Å². The van der Waals surface area contributed by atoms with E-state index in [-0.39, 0.29) is 5.97 Å². The summed E-state index contributed by atoms with van der Waals surface area (Å²) in [7, 11) is 0. The van der Waals surface area contributed by atoms with Gasteiger partial charge in [0.05, 0.1) is 11.5 Å². The van der Waals surface area contributed by atoms with Crippen molar-refractivity contribution in [2.75, 3.05) is 6.61 Å². The molecular weight excluding hydrogens is 200 g/mol. The predicted molar refractivity (Wildman–Crippen MR) is 53.2 cm³/mol. The first-order valence-electron chi connectivity index (χ1n) is 4.00. The molecule has 0 radical (unpaired) electrons. The van der Waals surface area contributed by atoms with E-state index in [4.69, 9.17) is 4.74 Å². The van der Waals surface area contributed by atoms with Crippen LogP contribution in [-0.4, -0.2) is 18.9 Å². The molecule has 0 aromatic carbocycles. The van der Waals surface area contributed by atoms with Crippen LogP contribution in [0.4, 0.5) is 0 Å². The SMILES string of the molecule is CCOC(=O)c1ccc(C#CC=O)s1. The molecular formula is C10H8O3S. The van der Waals surface area contributed by atoms with E-state index in [2.05, 4.69) is 11.8 Å². The summed E-state index contributed by atoms with van der Waals surface area (Å²) in [6.07, 6.45) is 0.518. The van der Waals surface area contributed by atoms with Crippen LogP contribution in [0, 0.1) is 11.8 Å². The van der Waals surface area contributed by atoms with E-state index in [1.165, 1.54) is 11.3 Å². The molecule has 1 aromatic heterocycles. The number of hydrogen-bond donors (Lipinski definition) is 0. The fourth-order valence-corrected chi connectivity index (χ4v) is 1.58. The molecule has 14 heavy (non-hydrogen) atoms. The lowest BCUT2D eigenvalue weighted by Crippen LogP contribution is -2.01. The third-order valence-electron chi connectivity index (χ3n) is 1.34. The Balaban J connectivity index is 2.77. The zero-order valence-corrected chi connectivity index (χ0v) is 8.39. The lowest BCUT2D eigenvalue weighted by atomic mass is 10.4. The Morgan fingerprint density at radius 1 is 1.64 bits per heavy atom. The summed E-state index contributed by atoms with van der Waals surface area (Å²) in [6.45, 7) is 2.10. The molecule has 0 atom stereocenters. The minimum absolute atomic E-state index is 0.350. The normalized spacial score (nSPS) is 8.64. The first kappa shape index (κ1) is 10.5. The van der Waals surface area contributed by atoms with Gasteiger partial charge in [-0.15, -0.1) is 11.3 Å². The van der Waals surface area contributed by atoms with Crippen molar-refractivity contribution in [3.63, 3.8) is 0 Å². The summed E-state index contributed by atoms with van der Waals surface area (Å²) in [5.41, 5.74) is 0. The number of thiophene rings is 1. The van der Waals surface area contributed by atoms with Crippen molar-refractivity contribution < 1.29 is 14.3 Å². The van der Waals surface area contributed by atoms with Crippen molar-refractivity contribution in [3.8, 4) is 11.8 Å². The van der Waals surface area contributed by atoms with Crippen LogP contribution >= 0.6 is 11.3 Å². The Morgan fingerprint density at radius 3 is 3.07 bits per heavy atom. The Hall–Kier alpha value is -1.60. The molecule has 0 N–H and O–H groups in total. The largest absolute Gasteiger partial charge is 0.462 e. The van der Waals surface area contributed by atoms with Gasteiger partial charge in [0.15, 0.2) is 6.29 Å². The minimum atomic E-state index is -0.350. The average molecular weight is 208 g/mol.